The van der Waals surface area contributed by atoms with Gasteiger partial charge in [-0.2, -0.15) is 0 Å². The molecule has 0 saturated carbocycles. The van der Waals surface area contributed by atoms with Gasteiger partial charge in [0.2, 0.25) is 0 Å². The van der Waals surface area contributed by atoms with Gasteiger partial charge < -0.3 is 4.57 Å². The molecule has 0 bridgehead atoms. The van der Waals surface area contributed by atoms with Gasteiger partial charge in [-0.3, -0.25) is 10.1 Å². The normalized spacial score (nSPS) is 10.9. The quantitative estimate of drug-likeness (QED) is 0.632. The van der Waals surface area contributed by atoms with Crippen LogP contribution in [0.2, 0.25) is 5.02 Å². The molecule has 2 rings (SSSR count). The van der Waals surface area contributed by atoms with Crippen molar-refractivity contribution in [3.05, 3.63) is 39.7 Å². The van der Waals surface area contributed by atoms with Gasteiger partial charge in [0.15, 0.2) is 5.82 Å². The molecule has 0 fully saturated rings. The van der Waals surface area contributed by atoms with Crippen molar-refractivity contribution in [1.29, 1.82) is 0 Å². The average Bonchev–Trinajstić information content (AvgIpc) is 2.76. The number of halogens is 1. The Bertz CT molecular complexity index is 594. The first-order valence-electron chi connectivity index (χ1n) is 5.34. The molecule has 0 amide bonds. The molecular formula is C11H11ClN4O2. The van der Waals surface area contributed by atoms with Crippen LogP contribution in [-0.4, -0.2) is 19.7 Å². The molecule has 0 radical (unpaired) electrons. The summed E-state index contributed by atoms with van der Waals surface area (Å²) >= 11 is 5.88. The molecule has 18 heavy (non-hydrogen) atoms. The second kappa shape index (κ2) is 4.73. The predicted molar refractivity (Wildman–Crippen MR) is 67.5 cm³/mol. The van der Waals surface area contributed by atoms with E-state index in [0.29, 0.717) is 16.4 Å². The van der Waals surface area contributed by atoms with Crippen molar-refractivity contribution in [2.24, 2.45) is 0 Å². The maximum Gasteiger partial charge on any atom is 0.271 e. The highest BCUT2D eigenvalue weighted by molar-refractivity contribution is 6.31. The molecule has 2 aromatic rings. The SMILES string of the molecule is CC(C)n1cnnc1-c1cc(Cl)cc([N+](=O)[O-])c1. The highest BCUT2D eigenvalue weighted by atomic mass is 35.5. The summed E-state index contributed by atoms with van der Waals surface area (Å²) in [6, 6.07) is 4.54. The summed E-state index contributed by atoms with van der Waals surface area (Å²) in [5.41, 5.74) is 0.524. The summed E-state index contributed by atoms with van der Waals surface area (Å²) in [6.45, 7) is 3.96. The second-order valence-electron chi connectivity index (χ2n) is 4.11. The van der Waals surface area contributed by atoms with Crippen LogP contribution in [0.5, 0.6) is 0 Å². The van der Waals surface area contributed by atoms with Crippen molar-refractivity contribution in [2.45, 2.75) is 19.9 Å². The fourth-order valence-corrected chi connectivity index (χ4v) is 1.87. The Labute approximate surface area is 108 Å². The molecule has 0 aliphatic rings. The van der Waals surface area contributed by atoms with Crippen LogP contribution in [0, 0.1) is 10.1 Å². The Morgan fingerprint density at radius 1 is 1.39 bits per heavy atom. The van der Waals surface area contributed by atoms with Crippen molar-refractivity contribution >= 4 is 17.3 Å². The van der Waals surface area contributed by atoms with Gasteiger partial charge in [0.05, 0.1) is 4.92 Å². The minimum Gasteiger partial charge on any atom is -0.311 e. The van der Waals surface area contributed by atoms with Crippen LogP contribution in [-0.2, 0) is 0 Å². The lowest BCUT2D eigenvalue weighted by molar-refractivity contribution is -0.384. The zero-order valence-electron chi connectivity index (χ0n) is 9.87. The van der Waals surface area contributed by atoms with E-state index in [2.05, 4.69) is 10.2 Å². The molecule has 1 heterocycles. The fourth-order valence-electron chi connectivity index (χ4n) is 1.64. The number of rotatable bonds is 3. The largest absolute Gasteiger partial charge is 0.311 e. The number of aromatic nitrogens is 3. The molecule has 0 unspecified atom stereocenters. The van der Waals surface area contributed by atoms with E-state index in [0.717, 1.165) is 0 Å². The highest BCUT2D eigenvalue weighted by Crippen LogP contribution is 2.28. The molecule has 0 aliphatic heterocycles. The fraction of sp³-hybridized carbons (Fsp3) is 0.273. The lowest BCUT2D eigenvalue weighted by Crippen LogP contribution is -2.02. The molecule has 0 saturated heterocycles. The smallest absolute Gasteiger partial charge is 0.271 e. The first-order valence-corrected chi connectivity index (χ1v) is 5.71. The first-order chi connectivity index (χ1) is 8.49. The second-order valence-corrected chi connectivity index (χ2v) is 4.55. The molecule has 0 spiro atoms. The molecule has 0 N–H and O–H groups in total. The minimum absolute atomic E-state index is 0.0594. The third-order valence-corrected chi connectivity index (χ3v) is 2.70. The van der Waals surface area contributed by atoms with Crippen LogP contribution in [0.25, 0.3) is 11.4 Å². The van der Waals surface area contributed by atoms with E-state index in [1.807, 2.05) is 18.4 Å². The maximum atomic E-state index is 10.8. The third-order valence-electron chi connectivity index (χ3n) is 2.48. The predicted octanol–water partition coefficient (Wildman–Crippen LogP) is 3.09. The molecule has 0 aliphatic carbocycles. The Kier molecular flexibility index (Phi) is 3.29. The van der Waals surface area contributed by atoms with Crippen molar-refractivity contribution < 1.29 is 4.92 Å². The summed E-state index contributed by atoms with van der Waals surface area (Å²) in [4.78, 5) is 10.3. The van der Waals surface area contributed by atoms with E-state index in [1.54, 1.807) is 12.4 Å². The summed E-state index contributed by atoms with van der Waals surface area (Å²) in [7, 11) is 0. The summed E-state index contributed by atoms with van der Waals surface area (Å²) in [6.07, 6.45) is 1.59. The molecular weight excluding hydrogens is 256 g/mol. The van der Waals surface area contributed by atoms with Gasteiger partial charge in [0.25, 0.3) is 5.69 Å². The van der Waals surface area contributed by atoms with E-state index < -0.39 is 4.92 Å². The van der Waals surface area contributed by atoms with Crippen molar-refractivity contribution in [1.82, 2.24) is 14.8 Å². The molecule has 94 valence electrons. The van der Waals surface area contributed by atoms with Crippen LogP contribution in [0.3, 0.4) is 0 Å². The van der Waals surface area contributed by atoms with E-state index in [4.69, 9.17) is 11.6 Å². The van der Waals surface area contributed by atoms with E-state index in [9.17, 15) is 10.1 Å². The number of non-ortho nitro benzene ring substituents is 1. The summed E-state index contributed by atoms with van der Waals surface area (Å²) in [5, 5.41) is 18.9. The molecule has 0 atom stereocenters. The van der Waals surface area contributed by atoms with Crippen LogP contribution >= 0.6 is 11.6 Å². The highest BCUT2D eigenvalue weighted by Gasteiger charge is 2.15. The minimum atomic E-state index is -0.481. The molecule has 1 aromatic heterocycles. The van der Waals surface area contributed by atoms with Crippen LogP contribution in [0.15, 0.2) is 24.5 Å². The van der Waals surface area contributed by atoms with E-state index in [-0.39, 0.29) is 11.7 Å². The van der Waals surface area contributed by atoms with Gasteiger partial charge in [0.1, 0.15) is 6.33 Å². The molecule has 7 heteroatoms. The first kappa shape index (κ1) is 12.5. The zero-order valence-corrected chi connectivity index (χ0v) is 10.6. The van der Waals surface area contributed by atoms with Crippen LogP contribution in [0.4, 0.5) is 5.69 Å². The summed E-state index contributed by atoms with van der Waals surface area (Å²) in [5.74, 6) is 0.565. The number of nitro benzene ring substituents is 1. The monoisotopic (exact) mass is 266 g/mol. The molecule has 1 aromatic carbocycles. The number of nitro groups is 1. The van der Waals surface area contributed by atoms with Crippen molar-refractivity contribution in [3.8, 4) is 11.4 Å². The molecule has 6 nitrogen and oxygen atoms in total. The lowest BCUT2D eigenvalue weighted by atomic mass is 10.2. The number of hydrogen-bond acceptors (Lipinski definition) is 4. The topological polar surface area (TPSA) is 73.8 Å². The number of hydrogen-bond donors (Lipinski definition) is 0. The van der Waals surface area contributed by atoms with Crippen LogP contribution in [0.1, 0.15) is 19.9 Å². The third kappa shape index (κ3) is 2.33. The van der Waals surface area contributed by atoms with Gasteiger partial charge in [-0.1, -0.05) is 11.6 Å². The van der Waals surface area contributed by atoms with Gasteiger partial charge in [0, 0.05) is 28.8 Å². The number of benzene rings is 1. The van der Waals surface area contributed by atoms with E-state index in [1.165, 1.54) is 12.1 Å². The Morgan fingerprint density at radius 2 is 2.11 bits per heavy atom. The van der Waals surface area contributed by atoms with Crippen molar-refractivity contribution in [3.63, 3.8) is 0 Å². The Balaban J connectivity index is 2.57. The Morgan fingerprint density at radius 3 is 2.72 bits per heavy atom. The zero-order chi connectivity index (χ0) is 13.3. The number of nitrogens with zero attached hydrogens (tertiary/aromatic N) is 4. The van der Waals surface area contributed by atoms with Crippen LogP contribution < -0.4 is 0 Å². The van der Waals surface area contributed by atoms with Gasteiger partial charge >= 0.3 is 0 Å². The standard InChI is InChI=1S/C11H11ClN4O2/c1-7(2)15-6-13-14-11(15)8-3-9(12)5-10(4-8)16(17)18/h3-7H,1-2H3. The van der Waals surface area contributed by atoms with Gasteiger partial charge in [-0.05, 0) is 19.9 Å². The average molecular weight is 267 g/mol. The van der Waals surface area contributed by atoms with E-state index >= 15 is 0 Å². The van der Waals surface area contributed by atoms with Crippen molar-refractivity contribution in [2.75, 3.05) is 0 Å². The lowest BCUT2D eigenvalue weighted by Gasteiger charge is -2.10. The summed E-state index contributed by atoms with van der Waals surface area (Å²) < 4.78 is 1.83. The van der Waals surface area contributed by atoms with Gasteiger partial charge in [-0.25, -0.2) is 0 Å². The Hall–Kier alpha value is -1.95. The maximum absolute atomic E-state index is 10.8. The van der Waals surface area contributed by atoms with Gasteiger partial charge in [-0.15, -0.1) is 10.2 Å².